The molecule has 0 atom stereocenters. The van der Waals surface area contributed by atoms with Gasteiger partial charge in [0.15, 0.2) is 0 Å². The van der Waals surface area contributed by atoms with Crippen molar-refractivity contribution in [3.05, 3.63) is 83.6 Å². The van der Waals surface area contributed by atoms with Crippen LogP contribution in [0.1, 0.15) is 24.4 Å². The maximum atomic E-state index is 6.13. The summed E-state index contributed by atoms with van der Waals surface area (Å²) in [5.41, 5.74) is 1.83. The summed E-state index contributed by atoms with van der Waals surface area (Å²) < 4.78 is 13.8. The first-order valence-corrected chi connectivity index (χ1v) is 10.0. The number of aromatic nitrogens is 3. The topological polar surface area (TPSA) is 53.1 Å². The van der Waals surface area contributed by atoms with Gasteiger partial charge in [0, 0.05) is 29.4 Å². The van der Waals surface area contributed by atoms with Crippen LogP contribution >= 0.6 is 11.6 Å². The van der Waals surface area contributed by atoms with E-state index < -0.39 is 0 Å². The molecule has 0 fully saturated rings. The van der Waals surface area contributed by atoms with E-state index in [9.17, 15) is 0 Å². The summed E-state index contributed by atoms with van der Waals surface area (Å²) in [5.74, 6) is 2.58. The number of hydrogen-bond donors (Lipinski definition) is 0. The second-order valence-corrected chi connectivity index (χ2v) is 7.17. The molecule has 0 N–H and O–H groups in total. The molecular formula is C23H22ClN3O2. The first kappa shape index (κ1) is 19.3. The Morgan fingerprint density at radius 3 is 2.55 bits per heavy atom. The van der Waals surface area contributed by atoms with Gasteiger partial charge in [-0.15, -0.1) is 0 Å². The van der Waals surface area contributed by atoms with E-state index in [0.717, 1.165) is 47.9 Å². The first-order valence-electron chi connectivity index (χ1n) is 9.64. The lowest BCUT2D eigenvalue weighted by molar-refractivity contribution is 0.305. The minimum atomic E-state index is 0.528. The molecule has 148 valence electrons. The molecule has 0 aliphatic rings. The molecule has 2 aromatic carbocycles. The number of unbranched alkanes of at least 4 members (excludes halogenated alkanes) is 1. The van der Waals surface area contributed by atoms with Crippen LogP contribution in [0.15, 0.2) is 71.4 Å². The van der Waals surface area contributed by atoms with Gasteiger partial charge in [0.05, 0.1) is 6.61 Å². The molecular weight excluding hydrogens is 386 g/mol. The van der Waals surface area contributed by atoms with Crippen LogP contribution in [0.25, 0.3) is 17.3 Å². The Kier molecular flexibility index (Phi) is 5.96. The molecule has 0 unspecified atom stereocenters. The number of nitrogens with zero attached hydrogens (tertiary/aromatic N) is 3. The van der Waals surface area contributed by atoms with Crippen LogP contribution in [0, 0.1) is 6.92 Å². The lowest BCUT2D eigenvalue weighted by Crippen LogP contribution is -1.98. The maximum Gasteiger partial charge on any atom is 0.307 e. The standard InChI is InChI=1S/C23H22ClN3O2/c1-17-25-14-15-27(17)23-26-22(18-10-12-19(24)13-11-18)21(29-23)9-5-6-16-28-20-7-3-2-4-8-20/h2-4,7-8,10-15H,5-6,9,16H2,1H3. The molecule has 0 saturated carbocycles. The van der Waals surface area contributed by atoms with Gasteiger partial charge in [-0.05, 0) is 44.0 Å². The summed E-state index contributed by atoms with van der Waals surface area (Å²) in [6.45, 7) is 2.59. The molecule has 4 rings (SSSR count). The summed E-state index contributed by atoms with van der Waals surface area (Å²) >= 11 is 6.04. The van der Waals surface area contributed by atoms with Gasteiger partial charge in [-0.3, -0.25) is 4.57 Å². The molecule has 0 amide bonds. The van der Waals surface area contributed by atoms with Crippen molar-refractivity contribution >= 4 is 11.6 Å². The molecule has 0 spiro atoms. The lowest BCUT2D eigenvalue weighted by atomic mass is 10.1. The van der Waals surface area contributed by atoms with Crippen molar-refractivity contribution in [2.45, 2.75) is 26.2 Å². The molecule has 5 nitrogen and oxygen atoms in total. The van der Waals surface area contributed by atoms with Crippen LogP contribution in [0.3, 0.4) is 0 Å². The molecule has 2 heterocycles. The summed E-state index contributed by atoms with van der Waals surface area (Å²) in [6, 6.07) is 18.1. The summed E-state index contributed by atoms with van der Waals surface area (Å²) in [6.07, 6.45) is 6.23. The number of ether oxygens (including phenoxy) is 1. The van der Waals surface area contributed by atoms with E-state index >= 15 is 0 Å². The second kappa shape index (κ2) is 8.97. The highest BCUT2D eigenvalue weighted by molar-refractivity contribution is 6.30. The van der Waals surface area contributed by atoms with Gasteiger partial charge in [-0.1, -0.05) is 41.9 Å². The Bertz CT molecular complexity index is 1060. The van der Waals surface area contributed by atoms with Crippen molar-refractivity contribution in [3.63, 3.8) is 0 Å². The molecule has 0 saturated heterocycles. The zero-order valence-corrected chi connectivity index (χ0v) is 17.0. The van der Waals surface area contributed by atoms with Crippen molar-refractivity contribution in [2.24, 2.45) is 0 Å². The van der Waals surface area contributed by atoms with Crippen molar-refractivity contribution in [3.8, 4) is 23.0 Å². The smallest absolute Gasteiger partial charge is 0.307 e. The van der Waals surface area contributed by atoms with Crippen molar-refractivity contribution in [2.75, 3.05) is 6.61 Å². The van der Waals surface area contributed by atoms with Gasteiger partial charge in [0.2, 0.25) is 0 Å². The Balaban J connectivity index is 1.47. The minimum Gasteiger partial charge on any atom is -0.494 e. The van der Waals surface area contributed by atoms with Crippen LogP contribution in [-0.2, 0) is 6.42 Å². The largest absolute Gasteiger partial charge is 0.494 e. The predicted molar refractivity (Wildman–Crippen MR) is 114 cm³/mol. The number of para-hydroxylation sites is 1. The highest BCUT2D eigenvalue weighted by Gasteiger charge is 2.17. The van der Waals surface area contributed by atoms with E-state index in [1.807, 2.05) is 72.3 Å². The van der Waals surface area contributed by atoms with Crippen LogP contribution in [0.2, 0.25) is 5.02 Å². The molecule has 29 heavy (non-hydrogen) atoms. The summed E-state index contributed by atoms with van der Waals surface area (Å²) in [4.78, 5) is 9.00. The molecule has 4 aromatic rings. The van der Waals surface area contributed by atoms with E-state index in [4.69, 9.17) is 25.7 Å². The van der Waals surface area contributed by atoms with Gasteiger partial charge in [-0.2, -0.15) is 4.98 Å². The lowest BCUT2D eigenvalue weighted by Gasteiger charge is -2.05. The van der Waals surface area contributed by atoms with Crippen molar-refractivity contribution in [1.29, 1.82) is 0 Å². The number of oxazole rings is 1. The van der Waals surface area contributed by atoms with Gasteiger partial charge in [0.25, 0.3) is 0 Å². The highest BCUT2D eigenvalue weighted by atomic mass is 35.5. The third kappa shape index (κ3) is 4.69. The number of benzene rings is 2. The maximum absolute atomic E-state index is 6.13. The second-order valence-electron chi connectivity index (χ2n) is 6.74. The number of imidazole rings is 1. The summed E-state index contributed by atoms with van der Waals surface area (Å²) in [7, 11) is 0. The van der Waals surface area contributed by atoms with Gasteiger partial charge in [0.1, 0.15) is 23.0 Å². The molecule has 0 radical (unpaired) electrons. The normalized spacial score (nSPS) is 11.0. The molecule has 6 heteroatoms. The van der Waals surface area contributed by atoms with Crippen LogP contribution < -0.4 is 4.74 Å². The minimum absolute atomic E-state index is 0.528. The quantitative estimate of drug-likeness (QED) is 0.342. The van der Waals surface area contributed by atoms with E-state index in [-0.39, 0.29) is 0 Å². The Morgan fingerprint density at radius 1 is 1.03 bits per heavy atom. The van der Waals surface area contributed by atoms with Gasteiger partial charge >= 0.3 is 6.01 Å². The van der Waals surface area contributed by atoms with Crippen LogP contribution in [0.5, 0.6) is 5.75 Å². The van der Waals surface area contributed by atoms with E-state index in [2.05, 4.69) is 4.98 Å². The molecule has 0 aliphatic carbocycles. The van der Waals surface area contributed by atoms with Gasteiger partial charge < -0.3 is 9.15 Å². The third-order valence-corrected chi connectivity index (χ3v) is 4.90. The zero-order chi connectivity index (χ0) is 20.1. The highest BCUT2D eigenvalue weighted by Crippen LogP contribution is 2.28. The summed E-state index contributed by atoms with van der Waals surface area (Å²) in [5, 5.41) is 0.697. The SMILES string of the molecule is Cc1nccn1-c1nc(-c2ccc(Cl)cc2)c(CCCCOc2ccccc2)o1. The van der Waals surface area contributed by atoms with Gasteiger partial charge in [-0.25, -0.2) is 4.98 Å². The first-order chi connectivity index (χ1) is 14.2. The fraction of sp³-hybridized carbons (Fsp3) is 0.217. The Morgan fingerprint density at radius 2 is 1.83 bits per heavy atom. The fourth-order valence-electron chi connectivity index (χ4n) is 3.12. The number of hydrogen-bond acceptors (Lipinski definition) is 4. The predicted octanol–water partition coefficient (Wildman–Crippen LogP) is 5.89. The zero-order valence-electron chi connectivity index (χ0n) is 16.2. The fourth-order valence-corrected chi connectivity index (χ4v) is 3.25. The van der Waals surface area contributed by atoms with E-state index in [1.165, 1.54) is 0 Å². The average Bonchev–Trinajstić information content (AvgIpc) is 3.35. The Labute approximate surface area is 174 Å². The van der Waals surface area contributed by atoms with Crippen molar-refractivity contribution in [1.82, 2.24) is 14.5 Å². The molecule has 2 aromatic heterocycles. The van der Waals surface area contributed by atoms with Crippen LogP contribution in [0.4, 0.5) is 0 Å². The average molecular weight is 408 g/mol. The van der Waals surface area contributed by atoms with Crippen molar-refractivity contribution < 1.29 is 9.15 Å². The number of rotatable bonds is 8. The molecule has 0 bridgehead atoms. The Hall–Kier alpha value is -3.05. The number of aryl methyl sites for hydroxylation is 2. The monoisotopic (exact) mass is 407 g/mol. The van der Waals surface area contributed by atoms with Crippen LogP contribution in [-0.4, -0.2) is 21.1 Å². The van der Waals surface area contributed by atoms with E-state index in [1.54, 1.807) is 6.20 Å². The third-order valence-electron chi connectivity index (χ3n) is 4.65. The van der Waals surface area contributed by atoms with E-state index in [0.29, 0.717) is 17.6 Å². The number of halogens is 1. The molecule has 0 aliphatic heterocycles.